The highest BCUT2D eigenvalue weighted by Crippen LogP contribution is 2.35. The van der Waals surface area contributed by atoms with Crippen LogP contribution < -0.4 is 5.73 Å². The van der Waals surface area contributed by atoms with Gasteiger partial charge in [-0.1, -0.05) is 19.3 Å². The van der Waals surface area contributed by atoms with Crippen LogP contribution in [-0.2, 0) is 21.4 Å². The second-order valence-electron chi connectivity index (χ2n) is 5.20. The van der Waals surface area contributed by atoms with Gasteiger partial charge >= 0.3 is 0 Å². The third-order valence-electron chi connectivity index (χ3n) is 3.70. The highest BCUT2D eigenvalue weighted by Gasteiger charge is 2.31. The lowest BCUT2D eigenvalue weighted by molar-refractivity contribution is 0.0722. The van der Waals surface area contributed by atoms with Crippen LogP contribution >= 0.6 is 11.3 Å². The molecular formula is C14H24N2O2S. The van der Waals surface area contributed by atoms with Crippen molar-refractivity contribution in [3.8, 4) is 0 Å². The number of methoxy groups -OCH3 is 1. The minimum Gasteiger partial charge on any atom is -0.382 e. The summed E-state index contributed by atoms with van der Waals surface area (Å²) in [6.07, 6.45) is 6.77. The lowest BCUT2D eigenvalue weighted by Gasteiger charge is -2.31. The summed E-state index contributed by atoms with van der Waals surface area (Å²) in [5.74, 6) is 0. The van der Waals surface area contributed by atoms with Crippen molar-refractivity contribution in [3.63, 3.8) is 0 Å². The van der Waals surface area contributed by atoms with Crippen LogP contribution in [0.5, 0.6) is 0 Å². The molecule has 2 rings (SSSR count). The Morgan fingerprint density at radius 2 is 2.05 bits per heavy atom. The SMILES string of the molecule is COCCOCCc1nc(C2(N)CCCCC2)cs1. The first-order chi connectivity index (χ1) is 9.24. The molecule has 0 amide bonds. The first kappa shape index (κ1) is 14.9. The van der Waals surface area contributed by atoms with Gasteiger partial charge in [0.2, 0.25) is 0 Å². The highest BCUT2D eigenvalue weighted by molar-refractivity contribution is 7.09. The molecule has 0 radical (unpaired) electrons. The van der Waals surface area contributed by atoms with Gasteiger partial charge < -0.3 is 15.2 Å². The lowest BCUT2D eigenvalue weighted by atomic mass is 9.81. The van der Waals surface area contributed by atoms with Gasteiger partial charge in [0, 0.05) is 18.9 Å². The summed E-state index contributed by atoms with van der Waals surface area (Å²) in [5, 5.41) is 3.26. The summed E-state index contributed by atoms with van der Waals surface area (Å²) in [6.45, 7) is 2.00. The van der Waals surface area contributed by atoms with Crippen LogP contribution in [0.2, 0.25) is 0 Å². The molecule has 1 aromatic rings. The molecule has 108 valence electrons. The summed E-state index contributed by atoms with van der Waals surface area (Å²) >= 11 is 1.70. The zero-order valence-corrected chi connectivity index (χ0v) is 12.5. The van der Waals surface area contributed by atoms with Gasteiger partial charge in [-0.25, -0.2) is 4.98 Å². The third-order valence-corrected chi connectivity index (χ3v) is 4.61. The number of aromatic nitrogens is 1. The molecule has 0 saturated heterocycles. The van der Waals surface area contributed by atoms with E-state index >= 15 is 0 Å². The van der Waals surface area contributed by atoms with Crippen LogP contribution in [-0.4, -0.2) is 31.9 Å². The van der Waals surface area contributed by atoms with Gasteiger partial charge in [0.25, 0.3) is 0 Å². The standard InChI is InChI=1S/C14H24N2O2S/c1-17-9-10-18-8-5-13-16-12(11-19-13)14(15)6-3-2-4-7-14/h11H,2-10,15H2,1H3. The predicted octanol–water partition coefficient (Wildman–Crippen LogP) is 2.47. The Morgan fingerprint density at radius 1 is 1.26 bits per heavy atom. The number of ether oxygens (including phenoxy) is 2. The van der Waals surface area contributed by atoms with E-state index in [0.29, 0.717) is 19.8 Å². The first-order valence-electron chi connectivity index (χ1n) is 7.05. The molecule has 0 aliphatic heterocycles. The van der Waals surface area contributed by atoms with Gasteiger partial charge in [-0.05, 0) is 12.8 Å². The molecule has 0 bridgehead atoms. The van der Waals surface area contributed by atoms with E-state index in [1.807, 2.05) is 0 Å². The predicted molar refractivity (Wildman–Crippen MR) is 77.5 cm³/mol. The molecule has 0 atom stereocenters. The highest BCUT2D eigenvalue weighted by atomic mass is 32.1. The van der Waals surface area contributed by atoms with Gasteiger partial charge in [-0.15, -0.1) is 11.3 Å². The first-order valence-corrected chi connectivity index (χ1v) is 7.93. The molecule has 1 aliphatic carbocycles. The molecule has 0 spiro atoms. The fourth-order valence-electron chi connectivity index (χ4n) is 2.50. The molecule has 4 nitrogen and oxygen atoms in total. The van der Waals surface area contributed by atoms with Crippen LogP contribution in [0.3, 0.4) is 0 Å². The summed E-state index contributed by atoms with van der Waals surface area (Å²) in [5.41, 5.74) is 7.39. The van der Waals surface area contributed by atoms with Crippen LogP contribution in [0.25, 0.3) is 0 Å². The van der Waals surface area contributed by atoms with E-state index in [0.717, 1.165) is 30.0 Å². The van der Waals surface area contributed by atoms with Crippen LogP contribution in [0.1, 0.15) is 42.8 Å². The Balaban J connectivity index is 1.81. The van der Waals surface area contributed by atoms with E-state index in [2.05, 4.69) is 5.38 Å². The van der Waals surface area contributed by atoms with E-state index in [1.165, 1.54) is 19.3 Å². The van der Waals surface area contributed by atoms with Gasteiger partial charge in [0.15, 0.2) is 0 Å². The summed E-state index contributed by atoms with van der Waals surface area (Å²) in [6, 6.07) is 0. The molecule has 1 fully saturated rings. The normalized spacial score (nSPS) is 18.6. The number of nitrogens with zero attached hydrogens (tertiary/aromatic N) is 1. The Labute approximate surface area is 119 Å². The second kappa shape index (κ2) is 7.33. The smallest absolute Gasteiger partial charge is 0.0952 e. The third kappa shape index (κ3) is 4.24. The maximum absolute atomic E-state index is 6.48. The van der Waals surface area contributed by atoms with Gasteiger partial charge in [-0.3, -0.25) is 0 Å². The van der Waals surface area contributed by atoms with E-state index in [9.17, 15) is 0 Å². The van der Waals surface area contributed by atoms with Gasteiger partial charge in [-0.2, -0.15) is 0 Å². The number of rotatable bonds is 7. The topological polar surface area (TPSA) is 57.4 Å². The molecule has 0 unspecified atom stereocenters. The quantitative estimate of drug-likeness (QED) is 0.781. The molecule has 5 heteroatoms. The zero-order chi connectivity index (χ0) is 13.6. The number of nitrogens with two attached hydrogens (primary N) is 1. The van der Waals surface area contributed by atoms with Crippen molar-refractivity contribution in [2.75, 3.05) is 26.9 Å². The van der Waals surface area contributed by atoms with E-state index in [4.69, 9.17) is 20.2 Å². The average Bonchev–Trinajstić information content (AvgIpc) is 2.89. The van der Waals surface area contributed by atoms with Crippen molar-refractivity contribution in [1.29, 1.82) is 0 Å². The van der Waals surface area contributed by atoms with Crippen LogP contribution in [0.15, 0.2) is 5.38 Å². The summed E-state index contributed by atoms with van der Waals surface area (Å²) in [4.78, 5) is 4.71. The molecule has 1 aromatic heterocycles. The summed E-state index contributed by atoms with van der Waals surface area (Å²) in [7, 11) is 1.68. The monoisotopic (exact) mass is 284 g/mol. The van der Waals surface area contributed by atoms with Crippen molar-refractivity contribution in [3.05, 3.63) is 16.1 Å². The fraction of sp³-hybridized carbons (Fsp3) is 0.786. The molecular weight excluding hydrogens is 260 g/mol. The maximum atomic E-state index is 6.48. The van der Waals surface area contributed by atoms with E-state index in [-0.39, 0.29) is 5.54 Å². The van der Waals surface area contributed by atoms with E-state index in [1.54, 1.807) is 18.4 Å². The van der Waals surface area contributed by atoms with Crippen molar-refractivity contribution >= 4 is 11.3 Å². The van der Waals surface area contributed by atoms with E-state index < -0.39 is 0 Å². The second-order valence-corrected chi connectivity index (χ2v) is 6.14. The summed E-state index contributed by atoms with van der Waals surface area (Å²) < 4.78 is 10.4. The van der Waals surface area contributed by atoms with Crippen molar-refractivity contribution < 1.29 is 9.47 Å². The van der Waals surface area contributed by atoms with Crippen molar-refractivity contribution in [1.82, 2.24) is 4.98 Å². The van der Waals surface area contributed by atoms with Gasteiger partial charge in [0.1, 0.15) is 0 Å². The molecule has 1 saturated carbocycles. The number of hydrogen-bond acceptors (Lipinski definition) is 5. The lowest BCUT2D eigenvalue weighted by Crippen LogP contribution is -2.38. The number of hydrogen-bond donors (Lipinski definition) is 1. The minimum absolute atomic E-state index is 0.177. The molecule has 1 aliphatic rings. The Morgan fingerprint density at radius 3 is 2.79 bits per heavy atom. The average molecular weight is 284 g/mol. The van der Waals surface area contributed by atoms with Crippen LogP contribution in [0.4, 0.5) is 0 Å². The number of thiazole rings is 1. The van der Waals surface area contributed by atoms with Crippen molar-refractivity contribution in [2.45, 2.75) is 44.1 Å². The fourth-order valence-corrected chi connectivity index (χ4v) is 3.38. The molecule has 0 aromatic carbocycles. The maximum Gasteiger partial charge on any atom is 0.0952 e. The molecule has 1 heterocycles. The largest absolute Gasteiger partial charge is 0.382 e. The van der Waals surface area contributed by atoms with Gasteiger partial charge in [0.05, 0.1) is 36.1 Å². The zero-order valence-electron chi connectivity index (χ0n) is 11.7. The van der Waals surface area contributed by atoms with Crippen LogP contribution in [0, 0.1) is 0 Å². The Bertz CT molecular complexity index is 375. The molecule has 2 N–H and O–H groups in total. The molecule has 19 heavy (non-hydrogen) atoms. The van der Waals surface area contributed by atoms with Crippen molar-refractivity contribution in [2.24, 2.45) is 5.73 Å². The minimum atomic E-state index is -0.177. The Kier molecular flexibility index (Phi) is 5.76. The Hall–Kier alpha value is -0.490.